The fourth-order valence-electron chi connectivity index (χ4n) is 4.36. The van der Waals surface area contributed by atoms with Crippen molar-refractivity contribution in [1.29, 1.82) is 0 Å². The van der Waals surface area contributed by atoms with Gasteiger partial charge in [0.25, 0.3) is 5.91 Å². The van der Waals surface area contributed by atoms with Gasteiger partial charge in [-0.05, 0) is 57.4 Å². The van der Waals surface area contributed by atoms with Crippen molar-refractivity contribution in [3.63, 3.8) is 0 Å². The minimum absolute atomic E-state index is 0.0320. The molecule has 1 amide bonds. The van der Waals surface area contributed by atoms with Crippen LogP contribution in [0.15, 0.2) is 42.5 Å². The molecular formula is C24H30N2O4S. The maximum Gasteiger partial charge on any atom is 0.251 e. The molecule has 0 unspecified atom stereocenters. The molecule has 0 aromatic heterocycles. The summed E-state index contributed by atoms with van der Waals surface area (Å²) in [6.45, 7) is 7.26. The number of ether oxygens (including phenoxy) is 1. The van der Waals surface area contributed by atoms with Crippen molar-refractivity contribution in [3.8, 4) is 5.75 Å². The summed E-state index contributed by atoms with van der Waals surface area (Å²) in [5, 5.41) is 3.14. The average molecular weight is 443 g/mol. The first-order valence-corrected chi connectivity index (χ1v) is 12.4. The molecule has 1 atom stereocenters. The van der Waals surface area contributed by atoms with Gasteiger partial charge in [-0.3, -0.25) is 4.79 Å². The number of hydrogen-bond donors (Lipinski definition) is 1. The van der Waals surface area contributed by atoms with Crippen molar-refractivity contribution < 1.29 is 17.9 Å². The molecule has 0 aliphatic carbocycles. The van der Waals surface area contributed by atoms with E-state index in [0.29, 0.717) is 30.6 Å². The molecule has 2 aromatic rings. The van der Waals surface area contributed by atoms with E-state index in [1.165, 1.54) is 0 Å². The van der Waals surface area contributed by atoms with Crippen LogP contribution in [0, 0.1) is 6.92 Å². The van der Waals surface area contributed by atoms with Crippen molar-refractivity contribution in [2.45, 2.75) is 57.4 Å². The lowest BCUT2D eigenvalue weighted by Crippen LogP contribution is -2.41. The molecule has 2 aliphatic rings. The Labute approximate surface area is 184 Å². The van der Waals surface area contributed by atoms with Crippen LogP contribution in [0.3, 0.4) is 0 Å². The van der Waals surface area contributed by atoms with Gasteiger partial charge in [0.1, 0.15) is 11.4 Å². The van der Waals surface area contributed by atoms with E-state index in [0.717, 1.165) is 29.7 Å². The molecule has 2 aromatic carbocycles. The van der Waals surface area contributed by atoms with Crippen molar-refractivity contribution >= 4 is 15.9 Å². The SMILES string of the molecule is Cc1ccc2c(c1)[C@H](NC(=O)c1ccc(CS(=O)(=O)N3CCCC3)cc1)CC(C)(C)O2. The van der Waals surface area contributed by atoms with E-state index in [1.807, 2.05) is 32.9 Å². The summed E-state index contributed by atoms with van der Waals surface area (Å²) in [5.41, 5.74) is 2.93. The zero-order valence-electron chi connectivity index (χ0n) is 18.3. The number of fused-ring (bicyclic) bond motifs is 1. The summed E-state index contributed by atoms with van der Waals surface area (Å²) in [4.78, 5) is 12.9. The highest BCUT2D eigenvalue weighted by atomic mass is 32.2. The molecule has 0 saturated carbocycles. The monoisotopic (exact) mass is 442 g/mol. The first-order chi connectivity index (χ1) is 14.6. The Morgan fingerprint density at radius 2 is 1.81 bits per heavy atom. The first kappa shape index (κ1) is 21.8. The van der Waals surface area contributed by atoms with Crippen LogP contribution in [0.2, 0.25) is 0 Å². The summed E-state index contributed by atoms with van der Waals surface area (Å²) >= 11 is 0. The van der Waals surface area contributed by atoms with Gasteiger partial charge >= 0.3 is 0 Å². The Morgan fingerprint density at radius 1 is 1.13 bits per heavy atom. The predicted octanol–water partition coefficient (Wildman–Crippen LogP) is 3.95. The van der Waals surface area contributed by atoms with Gasteiger partial charge in [0.05, 0.1) is 11.8 Å². The lowest BCUT2D eigenvalue weighted by molar-refractivity contribution is 0.0619. The molecular weight excluding hydrogens is 412 g/mol. The van der Waals surface area contributed by atoms with Gasteiger partial charge in [0, 0.05) is 30.6 Å². The van der Waals surface area contributed by atoms with E-state index >= 15 is 0 Å². The largest absolute Gasteiger partial charge is 0.487 e. The van der Waals surface area contributed by atoms with E-state index in [9.17, 15) is 13.2 Å². The van der Waals surface area contributed by atoms with Crippen LogP contribution >= 0.6 is 0 Å². The number of nitrogens with one attached hydrogen (secondary N) is 1. The highest BCUT2D eigenvalue weighted by Crippen LogP contribution is 2.40. The minimum atomic E-state index is -3.30. The van der Waals surface area contributed by atoms with Crippen LogP contribution in [0.25, 0.3) is 0 Å². The molecule has 31 heavy (non-hydrogen) atoms. The number of aryl methyl sites for hydroxylation is 1. The average Bonchev–Trinajstić information content (AvgIpc) is 3.24. The van der Waals surface area contributed by atoms with Crippen molar-refractivity contribution in [2.24, 2.45) is 0 Å². The van der Waals surface area contributed by atoms with Crippen LogP contribution in [-0.2, 0) is 15.8 Å². The van der Waals surface area contributed by atoms with E-state index in [2.05, 4.69) is 11.4 Å². The quantitative estimate of drug-likeness (QED) is 0.761. The lowest BCUT2D eigenvalue weighted by atomic mass is 9.88. The maximum atomic E-state index is 12.9. The molecule has 0 bridgehead atoms. The molecule has 7 heteroatoms. The molecule has 6 nitrogen and oxygen atoms in total. The minimum Gasteiger partial charge on any atom is -0.487 e. The molecule has 0 spiro atoms. The van der Waals surface area contributed by atoms with Gasteiger partial charge in [-0.25, -0.2) is 12.7 Å². The molecule has 2 heterocycles. The van der Waals surface area contributed by atoms with E-state index in [4.69, 9.17) is 4.74 Å². The number of amides is 1. The molecule has 4 rings (SSSR count). The summed E-state index contributed by atoms with van der Waals surface area (Å²) in [5.74, 6) is 0.592. The summed E-state index contributed by atoms with van der Waals surface area (Å²) < 4.78 is 32.7. The Bertz CT molecular complexity index is 1070. The summed E-state index contributed by atoms with van der Waals surface area (Å²) in [6, 6.07) is 12.7. The van der Waals surface area contributed by atoms with Gasteiger partial charge in [-0.1, -0.05) is 29.8 Å². The van der Waals surface area contributed by atoms with Crippen LogP contribution < -0.4 is 10.1 Å². The fraction of sp³-hybridized carbons (Fsp3) is 0.458. The summed E-state index contributed by atoms with van der Waals surface area (Å²) in [6.07, 6.45) is 2.51. The number of carbonyl (C=O) groups is 1. The topological polar surface area (TPSA) is 75.7 Å². The zero-order chi connectivity index (χ0) is 22.2. The van der Waals surface area contributed by atoms with Gasteiger partial charge in [0.15, 0.2) is 0 Å². The third-order valence-corrected chi connectivity index (χ3v) is 7.80. The summed E-state index contributed by atoms with van der Waals surface area (Å²) in [7, 11) is -3.30. The molecule has 2 aliphatic heterocycles. The molecule has 1 N–H and O–H groups in total. The van der Waals surface area contributed by atoms with Gasteiger partial charge < -0.3 is 10.1 Å². The van der Waals surface area contributed by atoms with Gasteiger partial charge in [-0.2, -0.15) is 0 Å². The van der Waals surface area contributed by atoms with Crippen LogP contribution in [0.4, 0.5) is 0 Å². The Balaban J connectivity index is 1.47. The van der Waals surface area contributed by atoms with Gasteiger partial charge in [0.2, 0.25) is 10.0 Å². The maximum absolute atomic E-state index is 12.9. The van der Waals surface area contributed by atoms with Gasteiger partial charge in [-0.15, -0.1) is 0 Å². The second kappa shape index (κ2) is 8.28. The van der Waals surface area contributed by atoms with Crippen molar-refractivity contribution in [1.82, 2.24) is 9.62 Å². The van der Waals surface area contributed by atoms with E-state index < -0.39 is 10.0 Å². The van der Waals surface area contributed by atoms with Crippen molar-refractivity contribution in [3.05, 3.63) is 64.7 Å². The number of benzene rings is 2. The van der Waals surface area contributed by atoms with E-state index in [1.54, 1.807) is 28.6 Å². The molecule has 0 radical (unpaired) electrons. The van der Waals surface area contributed by atoms with Crippen molar-refractivity contribution in [2.75, 3.05) is 13.1 Å². The first-order valence-electron chi connectivity index (χ1n) is 10.8. The standard InChI is InChI=1S/C24H30N2O4S/c1-17-6-11-22-20(14-17)21(15-24(2,3)30-22)25-23(27)19-9-7-18(8-10-19)16-31(28,29)26-12-4-5-13-26/h6-11,14,21H,4-5,12-13,15-16H2,1-3H3,(H,25,27)/t21-/m1/s1. The van der Waals surface area contributed by atoms with Crippen LogP contribution in [0.1, 0.15) is 66.2 Å². The second-order valence-corrected chi connectivity index (χ2v) is 11.2. The highest BCUT2D eigenvalue weighted by molar-refractivity contribution is 7.88. The normalized spacial score (nSPS) is 20.7. The number of hydrogen-bond acceptors (Lipinski definition) is 4. The second-order valence-electron chi connectivity index (χ2n) is 9.19. The highest BCUT2D eigenvalue weighted by Gasteiger charge is 2.34. The Hall–Kier alpha value is -2.38. The number of nitrogens with zero attached hydrogens (tertiary/aromatic N) is 1. The smallest absolute Gasteiger partial charge is 0.251 e. The van der Waals surface area contributed by atoms with E-state index in [-0.39, 0.29) is 23.3 Å². The number of carbonyl (C=O) groups excluding carboxylic acids is 1. The molecule has 1 fully saturated rings. The molecule has 166 valence electrons. The third-order valence-electron chi connectivity index (χ3n) is 5.95. The lowest BCUT2D eigenvalue weighted by Gasteiger charge is -2.38. The predicted molar refractivity (Wildman–Crippen MR) is 121 cm³/mol. The van der Waals surface area contributed by atoms with Crippen LogP contribution in [0.5, 0.6) is 5.75 Å². The number of rotatable bonds is 5. The van der Waals surface area contributed by atoms with Crippen LogP contribution in [-0.4, -0.2) is 37.3 Å². The fourth-order valence-corrected chi connectivity index (χ4v) is 5.98. The Morgan fingerprint density at radius 3 is 2.48 bits per heavy atom. The number of sulfonamides is 1. The molecule has 1 saturated heterocycles. The zero-order valence-corrected chi connectivity index (χ0v) is 19.2. The Kier molecular flexibility index (Phi) is 5.83. The third kappa shape index (κ3) is 4.93.